The van der Waals surface area contributed by atoms with Crippen molar-refractivity contribution in [3.63, 3.8) is 0 Å². The van der Waals surface area contributed by atoms with Crippen LogP contribution in [0.25, 0.3) is 0 Å². The monoisotopic (exact) mass is 300 g/mol. The second-order valence-electron chi connectivity index (χ2n) is 4.69. The quantitative estimate of drug-likeness (QED) is 0.402. The number of amides is 1. The topological polar surface area (TPSA) is 157 Å². The average Bonchev–Trinajstić information content (AvgIpc) is 2.85. The Morgan fingerprint density at radius 1 is 1.67 bits per heavy atom. The van der Waals surface area contributed by atoms with Crippen LogP contribution in [0.4, 0.5) is 5.95 Å². The van der Waals surface area contributed by atoms with E-state index in [1.165, 1.54) is 0 Å². The Balaban J connectivity index is 0.000000677. The maximum absolute atomic E-state index is 11.9. The molecule has 1 fully saturated rings. The van der Waals surface area contributed by atoms with Gasteiger partial charge in [0, 0.05) is 13.1 Å². The molecule has 1 saturated heterocycles. The first-order valence-electron chi connectivity index (χ1n) is 6.36. The number of rotatable bonds is 3. The highest BCUT2D eigenvalue weighted by molar-refractivity contribution is 5.79. The molecule has 0 spiro atoms. The van der Waals surface area contributed by atoms with E-state index >= 15 is 0 Å². The Hall–Kier alpha value is -2.20. The summed E-state index contributed by atoms with van der Waals surface area (Å²) < 4.78 is 0. The first-order chi connectivity index (χ1) is 9.97. The summed E-state index contributed by atoms with van der Waals surface area (Å²) in [4.78, 5) is 26.2. The number of nitrogen functional groups attached to an aromatic ring is 1. The zero-order chi connectivity index (χ0) is 15.8. The molecule has 0 saturated carbocycles. The summed E-state index contributed by atoms with van der Waals surface area (Å²) in [5.41, 5.74) is 5.36. The fourth-order valence-electron chi connectivity index (χ4n) is 2.05. The Morgan fingerprint density at radius 2 is 2.33 bits per heavy atom. The standard InChI is InChI=1S/C10H18N6O2.CH2O2/c1-16-3-2-7(17)6(5-16)9(18)12-4-8-13-10(11)15-14-8;2-1-3/h6-7,17H,2-5H2,1H3,(H,12,18)(H3,11,13,14,15);1H,(H,2,3)/t6-,7+;/m1./s1. The van der Waals surface area contributed by atoms with Gasteiger partial charge in [0.1, 0.15) is 5.82 Å². The largest absolute Gasteiger partial charge is 0.483 e. The van der Waals surface area contributed by atoms with E-state index in [4.69, 9.17) is 15.6 Å². The van der Waals surface area contributed by atoms with Gasteiger partial charge >= 0.3 is 0 Å². The molecule has 0 aliphatic carbocycles. The third kappa shape index (κ3) is 5.36. The molecule has 21 heavy (non-hydrogen) atoms. The molecule has 1 aliphatic rings. The molecule has 1 amide bonds. The average molecular weight is 300 g/mol. The van der Waals surface area contributed by atoms with Gasteiger partial charge in [0.05, 0.1) is 18.6 Å². The van der Waals surface area contributed by atoms with Gasteiger partial charge in [-0.25, -0.2) is 0 Å². The predicted octanol–water partition coefficient (Wildman–Crippen LogP) is -1.98. The molecular formula is C11H20N6O4. The molecule has 6 N–H and O–H groups in total. The number of hydrogen-bond acceptors (Lipinski definition) is 7. The maximum Gasteiger partial charge on any atom is 0.290 e. The van der Waals surface area contributed by atoms with Crippen molar-refractivity contribution in [2.45, 2.75) is 19.1 Å². The molecule has 1 aromatic rings. The van der Waals surface area contributed by atoms with E-state index in [1.807, 2.05) is 11.9 Å². The van der Waals surface area contributed by atoms with Crippen LogP contribution in [0, 0.1) is 5.92 Å². The predicted molar refractivity (Wildman–Crippen MR) is 72.9 cm³/mol. The number of aliphatic hydroxyl groups is 1. The van der Waals surface area contributed by atoms with Crippen molar-refractivity contribution < 1.29 is 19.8 Å². The summed E-state index contributed by atoms with van der Waals surface area (Å²) in [7, 11) is 1.93. The van der Waals surface area contributed by atoms with Crippen molar-refractivity contribution in [2.24, 2.45) is 5.92 Å². The fourth-order valence-corrected chi connectivity index (χ4v) is 2.05. The molecule has 1 aromatic heterocycles. The minimum atomic E-state index is -0.582. The van der Waals surface area contributed by atoms with Gasteiger partial charge in [-0.1, -0.05) is 0 Å². The number of nitrogens with two attached hydrogens (primary N) is 1. The third-order valence-corrected chi connectivity index (χ3v) is 3.10. The first-order valence-corrected chi connectivity index (χ1v) is 6.36. The number of aromatic amines is 1. The lowest BCUT2D eigenvalue weighted by Crippen LogP contribution is -2.48. The van der Waals surface area contributed by atoms with Gasteiger partial charge in [-0.3, -0.25) is 14.7 Å². The first kappa shape index (κ1) is 16.9. The minimum Gasteiger partial charge on any atom is -0.483 e. The molecule has 2 rings (SSSR count). The van der Waals surface area contributed by atoms with Crippen LogP contribution in [0.3, 0.4) is 0 Å². The van der Waals surface area contributed by atoms with Crippen LogP contribution in [0.15, 0.2) is 0 Å². The highest BCUT2D eigenvalue weighted by Crippen LogP contribution is 2.16. The van der Waals surface area contributed by atoms with Crippen molar-refractivity contribution in [3.8, 4) is 0 Å². The zero-order valence-corrected chi connectivity index (χ0v) is 11.7. The second kappa shape index (κ2) is 8.17. The Morgan fingerprint density at radius 3 is 2.90 bits per heavy atom. The number of likely N-dealkylation sites (tertiary alicyclic amines) is 1. The molecule has 0 radical (unpaired) electrons. The molecule has 118 valence electrons. The van der Waals surface area contributed by atoms with E-state index in [0.717, 1.165) is 6.54 Å². The minimum absolute atomic E-state index is 0.150. The molecule has 10 heteroatoms. The molecule has 10 nitrogen and oxygen atoms in total. The number of nitrogens with one attached hydrogen (secondary N) is 2. The van der Waals surface area contributed by atoms with Crippen LogP contribution < -0.4 is 11.1 Å². The SMILES string of the molecule is CN1CC[C@H](O)[C@H](C(=O)NCc2nc(N)n[nH]2)C1.O=CO. The van der Waals surface area contributed by atoms with Crippen LogP contribution in [-0.4, -0.2) is 68.9 Å². The van der Waals surface area contributed by atoms with Crippen molar-refractivity contribution in [3.05, 3.63) is 5.82 Å². The van der Waals surface area contributed by atoms with Gasteiger partial charge in [-0.15, -0.1) is 5.10 Å². The van der Waals surface area contributed by atoms with Crippen LogP contribution in [0.5, 0.6) is 0 Å². The van der Waals surface area contributed by atoms with Crippen LogP contribution >= 0.6 is 0 Å². The number of carbonyl (C=O) groups excluding carboxylic acids is 1. The molecule has 2 atom stereocenters. The number of H-pyrrole nitrogens is 1. The summed E-state index contributed by atoms with van der Waals surface area (Å²) in [5, 5.41) is 25.7. The number of anilines is 1. The lowest BCUT2D eigenvalue weighted by molar-refractivity contribution is -0.131. The summed E-state index contributed by atoms with van der Waals surface area (Å²) in [6, 6.07) is 0. The van der Waals surface area contributed by atoms with E-state index in [2.05, 4.69) is 20.5 Å². The number of aromatic nitrogens is 3. The highest BCUT2D eigenvalue weighted by Gasteiger charge is 2.31. The summed E-state index contributed by atoms with van der Waals surface area (Å²) in [5.74, 6) is 0.0734. The van der Waals surface area contributed by atoms with Gasteiger partial charge in [-0.2, -0.15) is 4.98 Å². The van der Waals surface area contributed by atoms with Gasteiger partial charge in [0.15, 0.2) is 0 Å². The molecular weight excluding hydrogens is 280 g/mol. The number of piperidine rings is 1. The van der Waals surface area contributed by atoms with E-state index in [-0.39, 0.29) is 24.9 Å². The molecule has 2 heterocycles. The number of nitrogens with zero attached hydrogens (tertiary/aromatic N) is 3. The van der Waals surface area contributed by atoms with Crippen molar-refractivity contribution >= 4 is 18.3 Å². The number of hydrogen-bond donors (Lipinski definition) is 5. The van der Waals surface area contributed by atoms with Gasteiger partial charge < -0.3 is 26.2 Å². The van der Waals surface area contributed by atoms with Crippen LogP contribution in [0.2, 0.25) is 0 Å². The fraction of sp³-hybridized carbons (Fsp3) is 0.636. The highest BCUT2D eigenvalue weighted by atomic mass is 16.3. The van der Waals surface area contributed by atoms with E-state index in [1.54, 1.807) is 0 Å². The molecule has 0 aromatic carbocycles. The zero-order valence-electron chi connectivity index (χ0n) is 11.7. The van der Waals surface area contributed by atoms with Crippen molar-refractivity contribution in [1.29, 1.82) is 0 Å². The van der Waals surface area contributed by atoms with Crippen molar-refractivity contribution in [2.75, 3.05) is 25.9 Å². The Labute approximate surface area is 121 Å². The van der Waals surface area contributed by atoms with Gasteiger partial charge in [-0.05, 0) is 13.5 Å². The number of carboxylic acid groups (broad SMARTS) is 1. The smallest absolute Gasteiger partial charge is 0.290 e. The third-order valence-electron chi connectivity index (χ3n) is 3.10. The second-order valence-corrected chi connectivity index (χ2v) is 4.69. The van der Waals surface area contributed by atoms with Crippen LogP contribution in [0.1, 0.15) is 12.2 Å². The van der Waals surface area contributed by atoms with E-state index < -0.39 is 12.0 Å². The van der Waals surface area contributed by atoms with Gasteiger partial charge in [0.2, 0.25) is 11.9 Å². The summed E-state index contributed by atoms with van der Waals surface area (Å²) in [6.45, 7) is 1.35. The summed E-state index contributed by atoms with van der Waals surface area (Å²) in [6.07, 6.45) is 0.0325. The molecule has 0 unspecified atom stereocenters. The normalized spacial score (nSPS) is 22.0. The Bertz CT molecular complexity index is 465. The lowest BCUT2D eigenvalue weighted by Gasteiger charge is -2.32. The van der Waals surface area contributed by atoms with Gasteiger partial charge in [0.25, 0.3) is 6.47 Å². The van der Waals surface area contributed by atoms with E-state index in [9.17, 15) is 9.90 Å². The Kier molecular flexibility index (Phi) is 6.56. The maximum atomic E-state index is 11.9. The number of carbonyl (C=O) groups is 2. The van der Waals surface area contributed by atoms with E-state index in [0.29, 0.717) is 18.8 Å². The lowest BCUT2D eigenvalue weighted by atomic mass is 9.94. The van der Waals surface area contributed by atoms with Crippen molar-refractivity contribution in [1.82, 2.24) is 25.4 Å². The van der Waals surface area contributed by atoms with Crippen LogP contribution in [-0.2, 0) is 16.1 Å². The summed E-state index contributed by atoms with van der Waals surface area (Å²) >= 11 is 0. The molecule has 0 bridgehead atoms. The molecule has 1 aliphatic heterocycles. The number of aliphatic hydroxyl groups excluding tert-OH is 1.